The Bertz CT molecular complexity index is 523. The number of aliphatic imine (C=N–C) groups is 1. The molecule has 0 aliphatic heterocycles. The predicted molar refractivity (Wildman–Crippen MR) is 57.0 cm³/mol. The highest BCUT2D eigenvalue weighted by Gasteiger charge is 2.48. The molecule has 17 heavy (non-hydrogen) atoms. The first kappa shape index (κ1) is 12.0. The molecule has 1 aromatic carbocycles. The minimum Gasteiger partial charge on any atom is -0.492 e. The number of hydrogen-bond donors (Lipinski definition) is 0. The Hall–Kier alpha value is -1.45. The van der Waals surface area contributed by atoms with E-state index in [-0.39, 0.29) is 16.3 Å². The molecule has 0 bridgehead atoms. The van der Waals surface area contributed by atoms with Gasteiger partial charge in [0, 0.05) is 5.56 Å². The molecule has 0 amide bonds. The average molecular weight is 260 g/mol. The summed E-state index contributed by atoms with van der Waals surface area (Å²) in [6.07, 6.45) is 2.32. The molecular weight excluding hydrogens is 252 g/mol. The molecule has 6 heteroatoms. The van der Waals surface area contributed by atoms with Crippen LogP contribution < -0.4 is 4.74 Å². The van der Waals surface area contributed by atoms with Gasteiger partial charge in [0.1, 0.15) is 5.54 Å². The number of carbonyl (C=O) groups excluding carboxylic acids is 1. The zero-order valence-corrected chi connectivity index (χ0v) is 9.65. The van der Waals surface area contributed by atoms with Crippen LogP contribution in [0, 0.1) is 11.6 Å². The molecule has 90 valence electrons. The maximum Gasteiger partial charge on any atom is 0.235 e. The van der Waals surface area contributed by atoms with E-state index in [4.69, 9.17) is 11.6 Å². The van der Waals surface area contributed by atoms with Crippen molar-refractivity contribution in [1.29, 1.82) is 0 Å². The molecule has 0 radical (unpaired) electrons. The van der Waals surface area contributed by atoms with Crippen molar-refractivity contribution in [2.45, 2.75) is 18.4 Å². The molecule has 2 rings (SSSR count). The van der Waals surface area contributed by atoms with Gasteiger partial charge in [-0.3, -0.25) is 0 Å². The van der Waals surface area contributed by atoms with Gasteiger partial charge in [-0.2, -0.15) is 9.38 Å². The van der Waals surface area contributed by atoms with Crippen molar-refractivity contribution in [2.24, 2.45) is 4.99 Å². The van der Waals surface area contributed by atoms with Crippen LogP contribution in [0.15, 0.2) is 11.1 Å². The maximum atomic E-state index is 13.8. The van der Waals surface area contributed by atoms with Crippen LogP contribution >= 0.6 is 11.6 Å². The van der Waals surface area contributed by atoms with Gasteiger partial charge < -0.3 is 4.74 Å². The van der Waals surface area contributed by atoms with E-state index in [9.17, 15) is 13.6 Å². The third-order valence-electron chi connectivity index (χ3n) is 2.81. The molecule has 1 aromatic rings. The summed E-state index contributed by atoms with van der Waals surface area (Å²) in [6.45, 7) is 0. The third-order valence-corrected chi connectivity index (χ3v) is 3.09. The van der Waals surface area contributed by atoms with Gasteiger partial charge in [-0.1, -0.05) is 11.6 Å². The maximum absolute atomic E-state index is 13.8. The standard InChI is InChI=1S/C11H8ClF2NO2/c1-17-10-7(12)4-6(8(13)9(10)14)11(2-3-11)15-5-16/h4H,2-3H2,1H3. The number of hydrogen-bond acceptors (Lipinski definition) is 3. The molecule has 0 saturated heterocycles. The Balaban J connectivity index is 2.61. The van der Waals surface area contributed by atoms with E-state index in [2.05, 4.69) is 9.73 Å². The van der Waals surface area contributed by atoms with Crippen LogP contribution in [0.2, 0.25) is 5.02 Å². The second kappa shape index (κ2) is 4.09. The Labute approximate surface area is 101 Å². The van der Waals surface area contributed by atoms with E-state index < -0.39 is 17.2 Å². The van der Waals surface area contributed by atoms with Crippen molar-refractivity contribution in [3.63, 3.8) is 0 Å². The molecule has 1 saturated carbocycles. The Kier molecular flexibility index (Phi) is 2.89. The number of benzene rings is 1. The molecule has 1 aliphatic carbocycles. The lowest BCUT2D eigenvalue weighted by Crippen LogP contribution is -2.08. The normalized spacial score (nSPS) is 16.2. The second-order valence-electron chi connectivity index (χ2n) is 3.80. The predicted octanol–water partition coefficient (Wildman–Crippen LogP) is 2.95. The van der Waals surface area contributed by atoms with Gasteiger partial charge in [0.2, 0.25) is 11.9 Å². The number of rotatable bonds is 3. The molecule has 3 nitrogen and oxygen atoms in total. The summed E-state index contributed by atoms with van der Waals surface area (Å²) >= 11 is 5.77. The quantitative estimate of drug-likeness (QED) is 0.476. The largest absolute Gasteiger partial charge is 0.492 e. The lowest BCUT2D eigenvalue weighted by atomic mass is 10.0. The minimum absolute atomic E-state index is 0.0239. The molecule has 0 N–H and O–H groups in total. The number of methoxy groups -OCH3 is 1. The molecule has 0 spiro atoms. The van der Waals surface area contributed by atoms with Crippen LogP contribution in [0.4, 0.5) is 8.78 Å². The van der Waals surface area contributed by atoms with E-state index in [1.165, 1.54) is 19.3 Å². The molecular formula is C11H8ClF2NO2. The van der Waals surface area contributed by atoms with Crippen LogP contribution in [0.3, 0.4) is 0 Å². The van der Waals surface area contributed by atoms with E-state index in [0.29, 0.717) is 12.8 Å². The molecule has 0 atom stereocenters. The summed E-state index contributed by atoms with van der Waals surface area (Å²) in [7, 11) is 1.19. The summed E-state index contributed by atoms with van der Waals surface area (Å²) < 4.78 is 32.0. The first-order valence-corrected chi connectivity index (χ1v) is 5.24. The molecule has 0 aromatic heterocycles. The fourth-order valence-corrected chi connectivity index (χ4v) is 2.02. The van der Waals surface area contributed by atoms with Crippen LogP contribution in [0.1, 0.15) is 18.4 Å². The number of nitrogens with zero attached hydrogens (tertiary/aromatic N) is 1. The summed E-state index contributed by atoms with van der Waals surface area (Å²) in [5.41, 5.74) is -1.02. The van der Waals surface area contributed by atoms with Crippen molar-refractivity contribution in [2.75, 3.05) is 7.11 Å². The van der Waals surface area contributed by atoms with E-state index in [1.54, 1.807) is 0 Å². The highest BCUT2D eigenvalue weighted by Crippen LogP contribution is 2.51. The molecule has 1 fully saturated rings. The van der Waals surface area contributed by atoms with Gasteiger partial charge in [0.15, 0.2) is 11.6 Å². The number of halogens is 3. The number of isocyanates is 1. The van der Waals surface area contributed by atoms with Gasteiger partial charge in [0.05, 0.1) is 12.1 Å². The smallest absolute Gasteiger partial charge is 0.235 e. The van der Waals surface area contributed by atoms with Crippen LogP contribution in [0.5, 0.6) is 5.75 Å². The first-order valence-electron chi connectivity index (χ1n) is 4.87. The lowest BCUT2D eigenvalue weighted by molar-refractivity contribution is 0.368. The summed E-state index contributed by atoms with van der Waals surface area (Å²) in [4.78, 5) is 13.8. The topological polar surface area (TPSA) is 38.7 Å². The van der Waals surface area contributed by atoms with Crippen LogP contribution in [-0.4, -0.2) is 13.2 Å². The lowest BCUT2D eigenvalue weighted by Gasteiger charge is -2.13. The van der Waals surface area contributed by atoms with Crippen molar-refractivity contribution >= 4 is 17.7 Å². The average Bonchev–Trinajstić information content (AvgIpc) is 3.05. The van der Waals surface area contributed by atoms with Gasteiger partial charge in [0.25, 0.3) is 0 Å². The van der Waals surface area contributed by atoms with E-state index in [0.717, 1.165) is 0 Å². The van der Waals surface area contributed by atoms with Crippen LogP contribution in [-0.2, 0) is 10.3 Å². The van der Waals surface area contributed by atoms with Crippen LogP contribution in [0.25, 0.3) is 0 Å². The van der Waals surface area contributed by atoms with Gasteiger partial charge in [-0.25, -0.2) is 9.18 Å². The second-order valence-corrected chi connectivity index (χ2v) is 4.21. The summed E-state index contributed by atoms with van der Waals surface area (Å²) in [5.74, 6) is -2.59. The van der Waals surface area contributed by atoms with Crippen molar-refractivity contribution in [1.82, 2.24) is 0 Å². The van der Waals surface area contributed by atoms with E-state index >= 15 is 0 Å². The zero-order valence-electron chi connectivity index (χ0n) is 8.89. The SMILES string of the molecule is COc1c(Cl)cc(C2(N=C=O)CC2)c(F)c1F. The fourth-order valence-electron chi connectivity index (χ4n) is 1.75. The van der Waals surface area contributed by atoms with Gasteiger partial charge in [-0.15, -0.1) is 0 Å². The van der Waals surface area contributed by atoms with Gasteiger partial charge >= 0.3 is 0 Å². The Morgan fingerprint density at radius 2 is 2.12 bits per heavy atom. The van der Waals surface area contributed by atoms with Crippen molar-refractivity contribution in [3.8, 4) is 5.75 Å². The summed E-state index contributed by atoms with van der Waals surface area (Å²) in [6, 6.07) is 1.24. The monoisotopic (exact) mass is 259 g/mol. The molecule has 0 heterocycles. The molecule has 0 unspecified atom stereocenters. The van der Waals surface area contributed by atoms with Gasteiger partial charge in [-0.05, 0) is 18.9 Å². The zero-order chi connectivity index (χ0) is 12.6. The third kappa shape index (κ3) is 1.81. The first-order chi connectivity index (χ1) is 8.05. The Morgan fingerprint density at radius 1 is 1.47 bits per heavy atom. The minimum atomic E-state index is -1.16. The van der Waals surface area contributed by atoms with E-state index in [1.807, 2.05) is 0 Å². The van der Waals surface area contributed by atoms with Crippen molar-refractivity contribution in [3.05, 3.63) is 28.3 Å². The Morgan fingerprint density at radius 3 is 2.59 bits per heavy atom. The highest BCUT2D eigenvalue weighted by molar-refractivity contribution is 6.32. The van der Waals surface area contributed by atoms with Crippen molar-refractivity contribution < 1.29 is 18.3 Å². The number of ether oxygens (including phenoxy) is 1. The fraction of sp³-hybridized carbons (Fsp3) is 0.364. The summed E-state index contributed by atoms with van der Waals surface area (Å²) in [5, 5.41) is -0.0474. The molecule has 1 aliphatic rings. The highest BCUT2D eigenvalue weighted by atomic mass is 35.5.